The molecule has 24 nitrogen and oxygen atoms in total. The lowest BCUT2D eigenvalue weighted by Crippen LogP contribution is -2.59. The van der Waals surface area contributed by atoms with Gasteiger partial charge >= 0.3 is 11.9 Å². The number of hydroxylamine groups is 2. The smallest absolute Gasteiger partial charge is 0.335 e. The maximum atomic E-state index is 13.7. The third-order valence-corrected chi connectivity index (χ3v) is 10.7. The molecule has 0 radical (unpaired) electrons. The van der Waals surface area contributed by atoms with Crippen molar-refractivity contribution in [1.82, 2.24) is 31.6 Å². The summed E-state index contributed by atoms with van der Waals surface area (Å²) in [5, 5.41) is 44.5. The number of nitrogens with zero attached hydrogens (tertiary/aromatic N) is 1. The topological polar surface area (TPSA) is 333 Å². The van der Waals surface area contributed by atoms with Crippen LogP contribution in [0.4, 0.5) is 0 Å². The van der Waals surface area contributed by atoms with Crippen molar-refractivity contribution in [2.45, 2.75) is 156 Å². The van der Waals surface area contributed by atoms with E-state index in [1.165, 1.54) is 6.92 Å². The van der Waals surface area contributed by atoms with Gasteiger partial charge in [-0.2, -0.15) is 0 Å². The summed E-state index contributed by atoms with van der Waals surface area (Å²) in [6.07, 6.45) is -3.38. The Bertz CT molecular complexity index is 1670. The van der Waals surface area contributed by atoms with E-state index in [0.717, 1.165) is 0 Å². The molecule has 7 atom stereocenters. The molecule has 8 N–H and O–H groups in total. The predicted octanol–water partition coefficient (Wildman–Crippen LogP) is -0.108. The molecule has 0 aromatic rings. The van der Waals surface area contributed by atoms with Gasteiger partial charge in [-0.25, -0.2) is 4.79 Å². The summed E-state index contributed by atoms with van der Waals surface area (Å²) >= 11 is 0. The lowest BCUT2D eigenvalue weighted by molar-refractivity contribution is -0.198. The van der Waals surface area contributed by atoms with E-state index < -0.39 is 114 Å². The SMILES string of the molecule is CC(C)C[C@H](NC(=O)[C@H](C)NC(=O)C[C@H](O)[C@H](CC(C)C)NC(=O)[C@@H](NC(=O)[C@@H](NC(=O)CCOCCOCCOCCOCCOCCC(=O)ON1C(=O)CCC1=O)C(C)C)C(C)C)[C@@H](O)CC(=O)O. The molecule has 0 aromatic carbocycles. The molecular weight excluding hydrogens is 937 g/mol. The highest BCUT2D eigenvalue weighted by atomic mass is 16.7. The second-order valence-electron chi connectivity index (χ2n) is 18.8. The van der Waals surface area contributed by atoms with Crippen LogP contribution in [0.25, 0.3) is 0 Å². The average Bonchev–Trinajstić information content (AvgIpc) is 3.58. The molecule has 0 bridgehead atoms. The van der Waals surface area contributed by atoms with E-state index in [1.807, 2.05) is 27.7 Å². The Balaban J connectivity index is 2.45. The van der Waals surface area contributed by atoms with Crippen LogP contribution in [0.5, 0.6) is 0 Å². The molecule has 1 rings (SSSR count). The van der Waals surface area contributed by atoms with Gasteiger partial charge in [0.05, 0.1) is 110 Å². The third kappa shape index (κ3) is 28.1. The molecule has 1 fully saturated rings. The van der Waals surface area contributed by atoms with Crippen molar-refractivity contribution in [1.29, 1.82) is 0 Å². The minimum Gasteiger partial charge on any atom is -0.481 e. The van der Waals surface area contributed by atoms with Gasteiger partial charge in [-0.3, -0.25) is 38.4 Å². The van der Waals surface area contributed by atoms with Crippen LogP contribution in [-0.2, 0) is 71.7 Å². The van der Waals surface area contributed by atoms with Crippen LogP contribution < -0.4 is 26.6 Å². The average molecular weight is 1020 g/mol. The van der Waals surface area contributed by atoms with Crippen LogP contribution in [0.2, 0.25) is 0 Å². The minimum absolute atomic E-state index is 0.0162. The zero-order valence-electron chi connectivity index (χ0n) is 43.0. The van der Waals surface area contributed by atoms with E-state index in [0.29, 0.717) is 37.9 Å². The first-order valence-corrected chi connectivity index (χ1v) is 24.5. The fraction of sp³-hybridized carbons (Fsp3) is 0.809. The molecule has 408 valence electrons. The quantitative estimate of drug-likeness (QED) is 0.0294. The van der Waals surface area contributed by atoms with Gasteiger partial charge in [0.15, 0.2) is 0 Å². The summed E-state index contributed by atoms with van der Waals surface area (Å²) in [6.45, 7) is 18.0. The number of imide groups is 1. The Hall–Kier alpha value is -4.85. The second kappa shape index (κ2) is 35.3. The molecule has 1 heterocycles. The first kappa shape index (κ1) is 64.2. The molecule has 71 heavy (non-hydrogen) atoms. The number of carboxylic acid groups (broad SMARTS) is 1. The van der Waals surface area contributed by atoms with E-state index in [9.17, 15) is 53.4 Å². The number of carbonyl (C=O) groups is 9. The van der Waals surface area contributed by atoms with Crippen LogP contribution >= 0.6 is 0 Å². The molecule has 24 heteroatoms. The fourth-order valence-corrected chi connectivity index (χ4v) is 6.91. The van der Waals surface area contributed by atoms with Crippen LogP contribution in [0.1, 0.15) is 114 Å². The van der Waals surface area contributed by atoms with Gasteiger partial charge in [0.1, 0.15) is 18.1 Å². The molecule has 0 aromatic heterocycles. The van der Waals surface area contributed by atoms with Crippen molar-refractivity contribution in [3.05, 3.63) is 0 Å². The molecule has 0 aliphatic carbocycles. The number of ether oxygens (including phenoxy) is 5. The number of hydrogen-bond donors (Lipinski definition) is 8. The summed E-state index contributed by atoms with van der Waals surface area (Å²) < 4.78 is 27.1. The van der Waals surface area contributed by atoms with Gasteiger partial charge in [0.25, 0.3) is 11.8 Å². The highest BCUT2D eigenvalue weighted by Crippen LogP contribution is 2.16. The second-order valence-corrected chi connectivity index (χ2v) is 18.8. The number of aliphatic hydroxyl groups excluding tert-OH is 2. The maximum Gasteiger partial charge on any atom is 0.335 e. The van der Waals surface area contributed by atoms with Crippen LogP contribution in [0, 0.1) is 23.7 Å². The zero-order valence-corrected chi connectivity index (χ0v) is 43.0. The van der Waals surface area contributed by atoms with Crippen molar-refractivity contribution < 1.29 is 87.0 Å². The summed E-state index contributed by atoms with van der Waals surface area (Å²) in [7, 11) is 0. The van der Waals surface area contributed by atoms with Crippen molar-refractivity contribution in [3.8, 4) is 0 Å². The number of nitrogens with one attached hydrogen (secondary N) is 5. The van der Waals surface area contributed by atoms with E-state index in [2.05, 4.69) is 26.6 Å². The van der Waals surface area contributed by atoms with E-state index in [4.69, 9.17) is 33.6 Å². The largest absolute Gasteiger partial charge is 0.481 e. The highest BCUT2D eigenvalue weighted by Gasteiger charge is 2.35. The van der Waals surface area contributed by atoms with Crippen molar-refractivity contribution >= 4 is 53.3 Å². The lowest BCUT2D eigenvalue weighted by atomic mass is 9.95. The number of aliphatic hydroxyl groups is 2. The van der Waals surface area contributed by atoms with Gasteiger partial charge in [0.2, 0.25) is 29.5 Å². The zero-order chi connectivity index (χ0) is 53.6. The summed E-state index contributed by atoms with van der Waals surface area (Å²) in [5.74, 6) is -6.87. The Morgan fingerprint density at radius 2 is 0.901 bits per heavy atom. The number of rotatable bonds is 39. The van der Waals surface area contributed by atoms with Crippen molar-refractivity contribution in [2.75, 3.05) is 66.1 Å². The van der Waals surface area contributed by atoms with Crippen LogP contribution in [0.15, 0.2) is 0 Å². The lowest BCUT2D eigenvalue weighted by Gasteiger charge is -2.31. The van der Waals surface area contributed by atoms with Gasteiger partial charge in [-0.05, 0) is 43.4 Å². The molecule has 0 spiro atoms. The normalized spacial score (nSPS) is 15.8. The Kier molecular flexibility index (Phi) is 31.9. The number of amides is 7. The highest BCUT2D eigenvalue weighted by molar-refractivity contribution is 6.01. The molecule has 1 aliphatic rings. The van der Waals surface area contributed by atoms with E-state index in [1.54, 1.807) is 27.7 Å². The summed E-state index contributed by atoms with van der Waals surface area (Å²) in [4.78, 5) is 117. The van der Waals surface area contributed by atoms with Gasteiger partial charge in [0, 0.05) is 19.3 Å². The summed E-state index contributed by atoms with van der Waals surface area (Å²) in [6, 6.07) is -4.97. The van der Waals surface area contributed by atoms with E-state index >= 15 is 0 Å². The molecule has 0 unspecified atom stereocenters. The Morgan fingerprint density at radius 3 is 1.34 bits per heavy atom. The number of aliphatic carboxylic acids is 1. The predicted molar refractivity (Wildman–Crippen MR) is 253 cm³/mol. The first-order valence-electron chi connectivity index (χ1n) is 24.5. The molecule has 7 amide bonds. The Morgan fingerprint density at radius 1 is 0.507 bits per heavy atom. The number of carbonyl (C=O) groups excluding carboxylic acids is 8. The van der Waals surface area contributed by atoms with Gasteiger partial charge in [-0.15, -0.1) is 5.06 Å². The van der Waals surface area contributed by atoms with Gasteiger partial charge in [-0.1, -0.05) is 55.4 Å². The Labute approximate surface area is 417 Å². The first-order chi connectivity index (χ1) is 33.4. The number of hydrogen-bond acceptors (Lipinski definition) is 17. The molecular formula is C47H82N6O18. The van der Waals surface area contributed by atoms with Crippen LogP contribution in [-0.4, -0.2) is 182 Å². The molecule has 0 saturated carbocycles. The molecule has 1 aliphatic heterocycles. The van der Waals surface area contributed by atoms with Crippen molar-refractivity contribution in [2.24, 2.45) is 23.7 Å². The minimum atomic E-state index is -1.39. The van der Waals surface area contributed by atoms with Crippen LogP contribution in [0.3, 0.4) is 0 Å². The van der Waals surface area contributed by atoms with Gasteiger partial charge < -0.3 is 70.4 Å². The fourth-order valence-electron chi connectivity index (χ4n) is 6.91. The number of carboxylic acids is 1. The summed E-state index contributed by atoms with van der Waals surface area (Å²) in [5.41, 5.74) is 0. The maximum absolute atomic E-state index is 13.7. The van der Waals surface area contributed by atoms with Crippen molar-refractivity contribution in [3.63, 3.8) is 0 Å². The standard InChI is InChI=1S/C47H82N6O18/c1-28(2)24-33(35(54)26-38(57)48-32(9)45(63)49-34(25-29(3)4)36(55)27-41(60)61)50-46(64)44(31(7)8)52-47(65)43(30(5)6)51-37(56)12-14-66-16-18-68-20-22-70-23-21-69-19-17-67-15-13-42(62)71-53-39(58)10-11-40(53)59/h28-36,43-44,54-55H,10-27H2,1-9H3,(H,48,57)(H,49,63)(H,50,64)(H,51,56)(H,52,65)(H,60,61)/t32-,33-,34-,35-,36-,43-,44-/m0/s1. The monoisotopic (exact) mass is 1020 g/mol. The third-order valence-electron chi connectivity index (χ3n) is 10.7. The molecule has 1 saturated heterocycles. The van der Waals surface area contributed by atoms with E-state index in [-0.39, 0.29) is 89.5 Å².